The summed E-state index contributed by atoms with van der Waals surface area (Å²) in [6.45, 7) is 3.63. The minimum absolute atomic E-state index is 0.141. The van der Waals surface area contributed by atoms with Gasteiger partial charge < -0.3 is 9.26 Å². The highest BCUT2D eigenvalue weighted by Gasteiger charge is 2.16. The Labute approximate surface area is 104 Å². The number of nitrogens with zero attached hydrogens (tertiary/aromatic N) is 2. The Morgan fingerprint density at radius 2 is 2.00 bits per heavy atom. The number of rotatable bonds is 3. The van der Waals surface area contributed by atoms with Crippen LogP contribution in [0.25, 0.3) is 5.69 Å². The predicted octanol–water partition coefficient (Wildman–Crippen LogP) is 1.30. The summed E-state index contributed by atoms with van der Waals surface area (Å²) in [7, 11) is 1.52. The van der Waals surface area contributed by atoms with Crippen molar-refractivity contribution in [2.45, 2.75) is 19.9 Å². The molecule has 0 spiro atoms. The van der Waals surface area contributed by atoms with Crippen LogP contribution >= 0.6 is 0 Å². The molecule has 1 aromatic carbocycles. The maximum absolute atomic E-state index is 12.2. The lowest BCUT2D eigenvalue weighted by molar-refractivity contribution is 0.208. The number of methoxy groups -OCH3 is 1. The van der Waals surface area contributed by atoms with Gasteiger partial charge in [-0.25, -0.2) is 14.8 Å². The monoisotopic (exact) mass is 249 g/mol. The largest absolute Gasteiger partial charge is 0.495 e. The molecule has 1 N–H and O–H groups in total. The van der Waals surface area contributed by atoms with E-state index in [1.165, 1.54) is 11.7 Å². The van der Waals surface area contributed by atoms with Crippen molar-refractivity contribution in [1.29, 1.82) is 5.41 Å². The van der Waals surface area contributed by atoms with Gasteiger partial charge in [0.25, 0.3) is 0 Å². The molecular weight excluding hydrogens is 234 g/mol. The minimum atomic E-state index is -0.389. The van der Waals surface area contributed by atoms with Gasteiger partial charge in [0, 0.05) is 0 Å². The molecule has 0 saturated heterocycles. The molecule has 2 rings (SSSR count). The lowest BCUT2D eigenvalue weighted by Crippen LogP contribution is -2.28. The Bertz CT molecular complexity index is 664. The topological polar surface area (TPSA) is 73.2 Å². The number of nitrogens with one attached hydrogen (secondary N) is 1. The SMILES string of the molecule is COc1ccccc1-n1c(=N)on(C(C)C)c1=O. The molecule has 0 bridgehead atoms. The zero-order valence-electron chi connectivity index (χ0n) is 10.5. The number of aromatic nitrogens is 2. The van der Waals surface area contributed by atoms with E-state index < -0.39 is 0 Å². The lowest BCUT2D eigenvalue weighted by Gasteiger charge is -2.06. The maximum Gasteiger partial charge on any atom is 0.366 e. The number of hydrogen-bond acceptors (Lipinski definition) is 4. The Morgan fingerprint density at radius 1 is 1.33 bits per heavy atom. The van der Waals surface area contributed by atoms with Crippen LogP contribution in [0, 0.1) is 5.41 Å². The molecule has 1 heterocycles. The van der Waals surface area contributed by atoms with E-state index in [1.807, 2.05) is 13.8 Å². The van der Waals surface area contributed by atoms with Crippen LogP contribution in [0.4, 0.5) is 0 Å². The predicted molar refractivity (Wildman–Crippen MR) is 65.1 cm³/mol. The second-order valence-electron chi connectivity index (χ2n) is 4.11. The van der Waals surface area contributed by atoms with Crippen molar-refractivity contribution in [2.24, 2.45) is 0 Å². The third-order valence-corrected chi connectivity index (χ3v) is 2.56. The van der Waals surface area contributed by atoms with Crippen LogP contribution in [0.3, 0.4) is 0 Å². The van der Waals surface area contributed by atoms with Crippen molar-refractivity contribution in [1.82, 2.24) is 9.31 Å². The molecule has 2 aromatic rings. The highest BCUT2D eigenvalue weighted by Crippen LogP contribution is 2.19. The number of ether oxygens (including phenoxy) is 1. The molecule has 96 valence electrons. The smallest absolute Gasteiger partial charge is 0.366 e. The third-order valence-electron chi connectivity index (χ3n) is 2.56. The summed E-state index contributed by atoms with van der Waals surface area (Å²) in [6.07, 6.45) is 0. The first-order chi connectivity index (χ1) is 8.56. The van der Waals surface area contributed by atoms with Gasteiger partial charge in [0.05, 0.1) is 18.8 Å². The third kappa shape index (κ3) is 1.85. The first-order valence-corrected chi connectivity index (χ1v) is 5.59. The van der Waals surface area contributed by atoms with E-state index in [0.29, 0.717) is 11.4 Å². The molecule has 0 saturated carbocycles. The van der Waals surface area contributed by atoms with E-state index in [0.717, 1.165) is 4.74 Å². The maximum atomic E-state index is 12.2. The average molecular weight is 249 g/mol. The molecular formula is C12H15N3O3. The summed E-state index contributed by atoms with van der Waals surface area (Å²) in [4.78, 5) is 12.2. The first kappa shape index (κ1) is 12.2. The molecule has 1 aromatic heterocycles. The molecule has 0 unspecified atom stereocenters. The molecule has 6 nitrogen and oxygen atoms in total. The van der Waals surface area contributed by atoms with E-state index in [9.17, 15) is 4.79 Å². The van der Waals surface area contributed by atoms with Crippen molar-refractivity contribution in [3.05, 3.63) is 40.4 Å². The summed E-state index contributed by atoms with van der Waals surface area (Å²) in [6, 6.07) is 6.87. The fourth-order valence-electron chi connectivity index (χ4n) is 1.71. The van der Waals surface area contributed by atoms with E-state index >= 15 is 0 Å². The van der Waals surface area contributed by atoms with Gasteiger partial charge in [-0.15, -0.1) is 4.74 Å². The van der Waals surface area contributed by atoms with Crippen LogP contribution in [0.15, 0.2) is 33.6 Å². The minimum Gasteiger partial charge on any atom is -0.495 e. The summed E-state index contributed by atoms with van der Waals surface area (Å²) >= 11 is 0. The number of para-hydroxylation sites is 2. The van der Waals surface area contributed by atoms with Gasteiger partial charge in [-0.05, 0) is 26.0 Å². The normalized spacial score (nSPS) is 10.9. The van der Waals surface area contributed by atoms with Crippen LogP contribution in [0.2, 0.25) is 0 Å². The number of hydrogen-bond donors (Lipinski definition) is 1. The van der Waals surface area contributed by atoms with Crippen LogP contribution < -0.4 is 16.1 Å². The molecule has 0 amide bonds. The van der Waals surface area contributed by atoms with Crippen LogP contribution in [0.1, 0.15) is 19.9 Å². The van der Waals surface area contributed by atoms with Gasteiger partial charge >= 0.3 is 11.4 Å². The van der Waals surface area contributed by atoms with Crippen LogP contribution in [0.5, 0.6) is 5.75 Å². The average Bonchev–Trinajstić information content (AvgIpc) is 2.65. The van der Waals surface area contributed by atoms with Crippen molar-refractivity contribution in [3.63, 3.8) is 0 Å². The van der Waals surface area contributed by atoms with Gasteiger partial charge in [0.2, 0.25) is 0 Å². The van der Waals surface area contributed by atoms with Crippen molar-refractivity contribution < 1.29 is 9.26 Å². The summed E-state index contributed by atoms with van der Waals surface area (Å²) in [5, 5.41) is 7.75. The van der Waals surface area contributed by atoms with E-state index in [-0.39, 0.29) is 17.4 Å². The second kappa shape index (κ2) is 4.56. The molecule has 0 fully saturated rings. The zero-order chi connectivity index (χ0) is 13.3. The van der Waals surface area contributed by atoms with Crippen molar-refractivity contribution in [3.8, 4) is 11.4 Å². The highest BCUT2D eigenvalue weighted by molar-refractivity contribution is 5.45. The molecule has 0 atom stereocenters. The van der Waals surface area contributed by atoms with Crippen LogP contribution in [-0.4, -0.2) is 16.4 Å². The summed E-state index contributed by atoms with van der Waals surface area (Å²) in [5.41, 5.74) is -0.115. The summed E-state index contributed by atoms with van der Waals surface area (Å²) in [5.74, 6) is 0.518. The lowest BCUT2D eigenvalue weighted by atomic mass is 10.3. The quantitative estimate of drug-likeness (QED) is 0.891. The Morgan fingerprint density at radius 3 is 2.56 bits per heavy atom. The van der Waals surface area contributed by atoms with Crippen LogP contribution in [-0.2, 0) is 0 Å². The molecule has 0 aliphatic heterocycles. The Hall–Kier alpha value is -2.24. The van der Waals surface area contributed by atoms with E-state index in [1.54, 1.807) is 24.3 Å². The second-order valence-corrected chi connectivity index (χ2v) is 4.11. The zero-order valence-corrected chi connectivity index (χ0v) is 10.5. The number of benzene rings is 1. The van der Waals surface area contributed by atoms with Gasteiger partial charge in [-0.3, -0.25) is 0 Å². The molecule has 0 aliphatic rings. The molecule has 6 heteroatoms. The van der Waals surface area contributed by atoms with Crippen molar-refractivity contribution >= 4 is 0 Å². The van der Waals surface area contributed by atoms with Gasteiger partial charge in [-0.2, -0.15) is 0 Å². The Balaban J connectivity index is 2.73. The fourth-order valence-corrected chi connectivity index (χ4v) is 1.71. The Kier molecular flexibility index (Phi) is 3.10. The van der Waals surface area contributed by atoms with E-state index in [4.69, 9.17) is 14.7 Å². The van der Waals surface area contributed by atoms with Gasteiger partial charge in [0.1, 0.15) is 5.75 Å². The fraction of sp³-hybridized carbons (Fsp3) is 0.333. The van der Waals surface area contributed by atoms with Crippen molar-refractivity contribution in [2.75, 3.05) is 7.11 Å². The summed E-state index contributed by atoms with van der Waals surface area (Å²) < 4.78 is 12.7. The standard InChI is InChI=1S/C12H15N3O3/c1-8(2)15-12(16)14(11(13)18-15)9-6-4-5-7-10(9)17-3/h4-8,13H,1-3H3. The highest BCUT2D eigenvalue weighted by atomic mass is 16.5. The first-order valence-electron chi connectivity index (χ1n) is 5.59. The van der Waals surface area contributed by atoms with Gasteiger partial charge in [0.15, 0.2) is 0 Å². The molecule has 0 aliphatic carbocycles. The molecule has 18 heavy (non-hydrogen) atoms. The molecule has 0 radical (unpaired) electrons. The van der Waals surface area contributed by atoms with Gasteiger partial charge in [-0.1, -0.05) is 12.1 Å². The van der Waals surface area contributed by atoms with E-state index in [2.05, 4.69) is 0 Å².